The van der Waals surface area contributed by atoms with Crippen molar-refractivity contribution in [2.75, 3.05) is 40.3 Å². The van der Waals surface area contributed by atoms with E-state index in [0.717, 1.165) is 34.6 Å². The van der Waals surface area contributed by atoms with E-state index >= 15 is 0 Å². The molecule has 1 heterocycles. The molecule has 1 fully saturated rings. The van der Waals surface area contributed by atoms with Crippen LogP contribution >= 0.6 is 0 Å². The number of carbonyl (C=O) groups excluding carboxylic acids is 2. The van der Waals surface area contributed by atoms with Gasteiger partial charge in [-0.25, -0.2) is 17.1 Å². The van der Waals surface area contributed by atoms with Crippen LogP contribution in [-0.4, -0.2) is 74.6 Å². The molecule has 0 spiro atoms. The molecule has 0 radical (unpaired) electrons. The van der Waals surface area contributed by atoms with Crippen molar-refractivity contribution in [3.63, 3.8) is 0 Å². The Hall–Kier alpha value is -2.99. The maximum atomic E-state index is 14.1. The molecular weight excluding hydrogens is 466 g/mol. The molecule has 0 N–H and O–H groups in total. The molecule has 1 aliphatic heterocycles. The zero-order valence-electron chi connectivity index (χ0n) is 17.8. The summed E-state index contributed by atoms with van der Waals surface area (Å²) in [5, 5.41) is 0. The van der Waals surface area contributed by atoms with E-state index in [9.17, 15) is 35.6 Å². The quantitative estimate of drug-likeness (QED) is 0.622. The number of alkyl halides is 3. The predicted octanol–water partition coefficient (Wildman–Crippen LogP) is 2.69. The highest BCUT2D eigenvalue weighted by molar-refractivity contribution is 7.89. The Morgan fingerprint density at radius 3 is 1.88 bits per heavy atom. The molecule has 2 amide bonds. The fraction of sp³-hybridized carbons (Fsp3) is 0.333. The molecule has 1 saturated heterocycles. The Bertz CT molecular complexity index is 1170. The number of rotatable bonds is 4. The first kappa shape index (κ1) is 24.6. The van der Waals surface area contributed by atoms with Crippen molar-refractivity contribution in [3.8, 4) is 0 Å². The lowest BCUT2D eigenvalue weighted by molar-refractivity contribution is -0.137. The number of halogens is 4. The molecule has 0 bridgehead atoms. The Morgan fingerprint density at radius 2 is 1.39 bits per heavy atom. The van der Waals surface area contributed by atoms with Gasteiger partial charge in [0, 0.05) is 51.4 Å². The van der Waals surface area contributed by atoms with Crippen LogP contribution in [0.1, 0.15) is 26.3 Å². The Morgan fingerprint density at radius 1 is 0.879 bits per heavy atom. The maximum absolute atomic E-state index is 14.1. The van der Waals surface area contributed by atoms with Gasteiger partial charge in [0.05, 0.1) is 5.56 Å². The van der Waals surface area contributed by atoms with Gasteiger partial charge in [-0.1, -0.05) is 6.07 Å². The average Bonchev–Trinajstić information content (AvgIpc) is 2.78. The number of carbonyl (C=O) groups is 2. The second kappa shape index (κ2) is 9.10. The largest absolute Gasteiger partial charge is 0.416 e. The summed E-state index contributed by atoms with van der Waals surface area (Å²) in [5.74, 6) is -2.12. The summed E-state index contributed by atoms with van der Waals surface area (Å²) in [5.41, 5.74) is -1.07. The van der Waals surface area contributed by atoms with Gasteiger partial charge >= 0.3 is 6.18 Å². The van der Waals surface area contributed by atoms with Gasteiger partial charge in [0.25, 0.3) is 11.8 Å². The first-order valence-corrected chi connectivity index (χ1v) is 11.2. The van der Waals surface area contributed by atoms with Crippen molar-refractivity contribution in [2.24, 2.45) is 0 Å². The maximum Gasteiger partial charge on any atom is 0.416 e. The molecule has 33 heavy (non-hydrogen) atoms. The SMILES string of the molecule is CN(C)S(=O)(=O)c1cc(C(=O)N2CCN(C(=O)c3cccc(C(F)(F)F)c3)CC2)ccc1F. The lowest BCUT2D eigenvalue weighted by Crippen LogP contribution is -2.50. The van der Waals surface area contributed by atoms with E-state index in [1.54, 1.807) is 0 Å². The van der Waals surface area contributed by atoms with Gasteiger partial charge in [-0.05, 0) is 36.4 Å². The summed E-state index contributed by atoms with van der Waals surface area (Å²) in [4.78, 5) is 27.5. The summed E-state index contributed by atoms with van der Waals surface area (Å²) in [6.45, 7) is 0.309. The summed E-state index contributed by atoms with van der Waals surface area (Å²) < 4.78 is 78.2. The fourth-order valence-electron chi connectivity index (χ4n) is 3.34. The van der Waals surface area contributed by atoms with E-state index < -0.39 is 44.3 Å². The number of hydrogen-bond acceptors (Lipinski definition) is 4. The Kier molecular flexibility index (Phi) is 6.80. The van der Waals surface area contributed by atoms with E-state index in [1.807, 2.05) is 0 Å². The van der Waals surface area contributed by atoms with Crippen molar-refractivity contribution in [1.82, 2.24) is 14.1 Å². The van der Waals surface area contributed by atoms with E-state index in [4.69, 9.17) is 0 Å². The van der Waals surface area contributed by atoms with Gasteiger partial charge in [0.2, 0.25) is 10.0 Å². The van der Waals surface area contributed by atoms with Crippen LogP contribution in [0.3, 0.4) is 0 Å². The summed E-state index contributed by atoms with van der Waals surface area (Å²) in [6, 6.07) is 7.15. The second-order valence-corrected chi connectivity index (χ2v) is 9.72. The van der Waals surface area contributed by atoms with Crippen molar-refractivity contribution in [1.29, 1.82) is 0 Å². The topological polar surface area (TPSA) is 78.0 Å². The molecule has 2 aromatic carbocycles. The molecule has 2 aromatic rings. The third-order valence-corrected chi connectivity index (χ3v) is 7.06. The molecule has 0 atom stereocenters. The van der Waals surface area contributed by atoms with Crippen LogP contribution in [0.5, 0.6) is 0 Å². The van der Waals surface area contributed by atoms with Crippen LogP contribution in [0.25, 0.3) is 0 Å². The molecule has 12 heteroatoms. The number of amides is 2. The highest BCUT2D eigenvalue weighted by Crippen LogP contribution is 2.30. The Labute approximate surface area is 188 Å². The van der Waals surface area contributed by atoms with Gasteiger partial charge in [-0.2, -0.15) is 13.2 Å². The van der Waals surface area contributed by atoms with Gasteiger partial charge in [0.15, 0.2) is 0 Å². The number of piperazine rings is 1. The molecule has 0 aromatic heterocycles. The molecule has 3 rings (SSSR count). The molecule has 0 unspecified atom stereocenters. The molecule has 7 nitrogen and oxygen atoms in total. The number of nitrogens with zero attached hydrogens (tertiary/aromatic N) is 3. The molecule has 1 aliphatic rings. The van der Waals surface area contributed by atoms with E-state index in [1.165, 1.54) is 36.0 Å². The Balaban J connectivity index is 1.72. The molecule has 0 saturated carbocycles. The van der Waals surface area contributed by atoms with Crippen LogP contribution in [0, 0.1) is 5.82 Å². The van der Waals surface area contributed by atoms with Crippen LogP contribution in [0.15, 0.2) is 47.4 Å². The van der Waals surface area contributed by atoms with E-state index in [2.05, 4.69) is 0 Å². The molecule has 0 aliphatic carbocycles. The monoisotopic (exact) mass is 487 g/mol. The summed E-state index contributed by atoms with van der Waals surface area (Å²) in [7, 11) is -1.62. The van der Waals surface area contributed by atoms with E-state index in [-0.39, 0.29) is 37.3 Å². The van der Waals surface area contributed by atoms with E-state index in [0.29, 0.717) is 0 Å². The summed E-state index contributed by atoms with van der Waals surface area (Å²) >= 11 is 0. The zero-order valence-corrected chi connectivity index (χ0v) is 18.6. The number of sulfonamides is 1. The van der Waals surface area contributed by atoms with Gasteiger partial charge in [0.1, 0.15) is 10.7 Å². The molecule has 178 valence electrons. The number of benzene rings is 2. The first-order valence-electron chi connectivity index (χ1n) is 9.80. The van der Waals surface area contributed by atoms with Crippen LogP contribution in [0.4, 0.5) is 17.6 Å². The highest BCUT2D eigenvalue weighted by atomic mass is 32.2. The standard InChI is InChI=1S/C21H21F4N3O4S/c1-26(2)33(31,32)18-13-15(6-7-17(18)22)20(30)28-10-8-27(9-11-28)19(29)14-4-3-5-16(12-14)21(23,24)25/h3-7,12-13H,8-11H2,1-2H3. The number of hydrogen-bond donors (Lipinski definition) is 0. The summed E-state index contributed by atoms with van der Waals surface area (Å²) in [6.07, 6.45) is -4.57. The van der Waals surface area contributed by atoms with Crippen molar-refractivity contribution >= 4 is 21.8 Å². The normalized spacial score (nSPS) is 15.1. The molecular formula is C21H21F4N3O4S. The van der Waals surface area contributed by atoms with Crippen molar-refractivity contribution < 1.29 is 35.6 Å². The minimum absolute atomic E-state index is 0.0329. The average molecular weight is 487 g/mol. The second-order valence-electron chi connectivity index (χ2n) is 7.60. The minimum atomic E-state index is -4.57. The van der Waals surface area contributed by atoms with Gasteiger partial charge in [-0.15, -0.1) is 0 Å². The fourth-order valence-corrected chi connectivity index (χ4v) is 4.32. The highest BCUT2D eigenvalue weighted by Gasteiger charge is 2.32. The van der Waals surface area contributed by atoms with Gasteiger partial charge < -0.3 is 9.80 Å². The lowest BCUT2D eigenvalue weighted by atomic mass is 10.1. The van der Waals surface area contributed by atoms with Crippen LogP contribution in [-0.2, 0) is 16.2 Å². The third kappa shape index (κ3) is 5.17. The lowest BCUT2D eigenvalue weighted by Gasteiger charge is -2.35. The van der Waals surface area contributed by atoms with Crippen LogP contribution in [0.2, 0.25) is 0 Å². The predicted molar refractivity (Wildman–Crippen MR) is 111 cm³/mol. The van der Waals surface area contributed by atoms with Crippen LogP contribution < -0.4 is 0 Å². The smallest absolute Gasteiger partial charge is 0.335 e. The van der Waals surface area contributed by atoms with Crippen molar-refractivity contribution in [2.45, 2.75) is 11.1 Å². The zero-order chi connectivity index (χ0) is 24.6. The van der Waals surface area contributed by atoms with Gasteiger partial charge in [-0.3, -0.25) is 9.59 Å². The third-order valence-electron chi connectivity index (χ3n) is 5.23. The van der Waals surface area contributed by atoms with Crippen molar-refractivity contribution in [3.05, 3.63) is 65.0 Å². The first-order chi connectivity index (χ1) is 15.3. The minimum Gasteiger partial charge on any atom is -0.335 e.